The number of allylic oxidation sites excluding steroid dienone is 3. The van der Waals surface area contributed by atoms with E-state index in [9.17, 15) is 4.79 Å². The monoisotopic (exact) mass is 885 g/mol. The van der Waals surface area contributed by atoms with Gasteiger partial charge in [0.1, 0.15) is 0 Å². The summed E-state index contributed by atoms with van der Waals surface area (Å²) in [6.07, 6.45) is 60.2. The van der Waals surface area contributed by atoms with E-state index in [0.717, 1.165) is 25.2 Å². The predicted molar refractivity (Wildman–Crippen MR) is 290 cm³/mol. The molecule has 0 fully saturated rings. The Kier molecular flexibility index (Phi) is 59.7. The first-order valence-electron chi connectivity index (χ1n) is 28.6. The van der Waals surface area contributed by atoms with Gasteiger partial charge in [-0.1, -0.05) is 272 Å². The number of unbranched alkanes of at least 4 members (excludes halogenated alkanes) is 28. The summed E-state index contributed by atoms with van der Waals surface area (Å²) >= 11 is 0. The number of hydrazine groups is 1. The van der Waals surface area contributed by atoms with Gasteiger partial charge in [-0.15, -0.1) is 6.58 Å². The van der Waals surface area contributed by atoms with Crippen LogP contribution in [0.15, 0.2) is 37.5 Å². The van der Waals surface area contributed by atoms with Crippen molar-refractivity contribution in [3.05, 3.63) is 37.5 Å². The number of hydrogen-bond acceptors (Lipinski definition) is 3. The molecule has 376 valence electrons. The van der Waals surface area contributed by atoms with Crippen molar-refractivity contribution in [2.24, 2.45) is 11.8 Å². The summed E-state index contributed by atoms with van der Waals surface area (Å²) in [5.41, 5.74) is 4.96. The minimum atomic E-state index is 0.249. The summed E-state index contributed by atoms with van der Waals surface area (Å²) in [5, 5.41) is 2.37. The first kappa shape index (κ1) is 66.1. The smallest absolute Gasteiger partial charge is 0.158 e. The molecule has 63 heavy (non-hydrogen) atoms. The van der Waals surface area contributed by atoms with E-state index in [4.69, 9.17) is 0 Å². The quantitative estimate of drug-likeness (QED) is 0.0286. The fourth-order valence-electron chi connectivity index (χ4n) is 8.98. The third-order valence-electron chi connectivity index (χ3n) is 13.6. The van der Waals surface area contributed by atoms with Gasteiger partial charge >= 0.3 is 0 Å². The lowest BCUT2D eigenvalue weighted by Gasteiger charge is -2.27. The van der Waals surface area contributed by atoms with Crippen LogP contribution in [0.5, 0.6) is 0 Å². The van der Waals surface area contributed by atoms with Crippen LogP contribution in [0.1, 0.15) is 311 Å². The zero-order chi connectivity index (χ0) is 47.3. The number of nitrogens with zero attached hydrogens (tertiary/aromatic N) is 1. The van der Waals surface area contributed by atoms with Gasteiger partial charge in [0.25, 0.3) is 0 Å². The molecule has 0 aliphatic rings. The number of rotatable bonds is 48. The van der Waals surface area contributed by atoms with Gasteiger partial charge in [0.2, 0.25) is 0 Å². The second-order valence-corrected chi connectivity index (χ2v) is 19.6. The van der Waals surface area contributed by atoms with E-state index in [1.807, 2.05) is 6.08 Å². The minimum absolute atomic E-state index is 0.249. The summed E-state index contributed by atoms with van der Waals surface area (Å²) in [5.74, 6) is 1.30. The van der Waals surface area contributed by atoms with Gasteiger partial charge in [0, 0.05) is 19.0 Å². The number of carbonyl (C=O) groups is 1. The van der Waals surface area contributed by atoms with Crippen molar-refractivity contribution < 1.29 is 4.79 Å². The van der Waals surface area contributed by atoms with E-state index in [0.29, 0.717) is 6.04 Å². The maximum Gasteiger partial charge on any atom is 0.158 e. The van der Waals surface area contributed by atoms with Crippen molar-refractivity contribution in [2.75, 3.05) is 14.1 Å². The van der Waals surface area contributed by atoms with Crippen molar-refractivity contribution in [1.29, 1.82) is 0 Å². The molecule has 0 aromatic rings. The molecule has 0 aromatic carbocycles. The van der Waals surface area contributed by atoms with Crippen LogP contribution in [0.3, 0.4) is 0 Å². The van der Waals surface area contributed by atoms with E-state index in [1.165, 1.54) is 256 Å². The van der Waals surface area contributed by atoms with Crippen LogP contribution < -0.4 is 5.43 Å². The van der Waals surface area contributed by atoms with Gasteiger partial charge in [0.05, 0.1) is 0 Å². The topological polar surface area (TPSA) is 32.3 Å². The highest BCUT2D eigenvalue weighted by Crippen LogP contribution is 2.28. The zero-order valence-corrected chi connectivity index (χ0v) is 45.1. The molecule has 0 rings (SSSR count). The van der Waals surface area contributed by atoms with E-state index in [1.54, 1.807) is 5.57 Å². The van der Waals surface area contributed by atoms with Crippen molar-refractivity contribution >= 4 is 5.78 Å². The Hall–Kier alpha value is -1.19. The summed E-state index contributed by atoms with van der Waals surface area (Å²) < 4.78 is 0. The molecular weight excluding hydrogens is 765 g/mol. The maximum atomic E-state index is 11.6. The molecule has 3 unspecified atom stereocenters. The molecule has 0 saturated carbocycles. The fourth-order valence-corrected chi connectivity index (χ4v) is 8.98. The van der Waals surface area contributed by atoms with E-state index < -0.39 is 0 Å². The standard InChI is InChI=1S/C36H74N2.C14H26O.C10H20/c1-7-10-13-15-16-20-23-27-32-36(38(6)37-5)33-28-24-21-18-17-19-22-25-29-34(4)35(30-12-9-3)31-26-14-11-8-2;1-4-7-9-10-12-13(11-8-5-2)14(15)6-3;1-3-5-7-9-10-8-6-4-2/h35-37H,4,7-33H2,1-3,5-6H3;6,13H,3-5,7-12H2,1-2H3;3H,1,4-10H2,2H3. The van der Waals surface area contributed by atoms with Gasteiger partial charge < -0.3 is 0 Å². The van der Waals surface area contributed by atoms with Gasteiger partial charge in [-0.3, -0.25) is 10.2 Å². The normalized spacial score (nSPS) is 12.5. The third-order valence-corrected chi connectivity index (χ3v) is 13.6. The third kappa shape index (κ3) is 50.1. The van der Waals surface area contributed by atoms with Crippen LogP contribution >= 0.6 is 0 Å². The minimum Gasteiger partial charge on any atom is -0.295 e. The highest BCUT2D eigenvalue weighted by atomic mass is 16.1. The van der Waals surface area contributed by atoms with Gasteiger partial charge in [-0.2, -0.15) is 0 Å². The highest BCUT2D eigenvalue weighted by Gasteiger charge is 2.15. The summed E-state index contributed by atoms with van der Waals surface area (Å²) in [6.45, 7) is 25.4. The van der Waals surface area contributed by atoms with Gasteiger partial charge in [-0.05, 0) is 83.2 Å². The molecule has 1 N–H and O–H groups in total. The largest absolute Gasteiger partial charge is 0.295 e. The summed E-state index contributed by atoms with van der Waals surface area (Å²) in [4.78, 5) is 11.6. The Morgan fingerprint density at radius 1 is 0.444 bits per heavy atom. The molecule has 3 nitrogen and oxygen atoms in total. The van der Waals surface area contributed by atoms with Crippen molar-refractivity contribution in [3.63, 3.8) is 0 Å². The lowest BCUT2D eigenvalue weighted by atomic mass is 9.86. The average molecular weight is 886 g/mol. The average Bonchev–Trinajstić information content (AvgIpc) is 3.30. The Balaban J connectivity index is -0.00000116. The zero-order valence-electron chi connectivity index (χ0n) is 45.1. The van der Waals surface area contributed by atoms with Gasteiger partial charge in [0.15, 0.2) is 5.78 Å². The molecule has 0 aliphatic carbocycles. The number of nitrogens with one attached hydrogen (secondary N) is 1. The molecule has 0 heterocycles. The van der Waals surface area contributed by atoms with Crippen LogP contribution in [-0.2, 0) is 4.79 Å². The Morgan fingerprint density at radius 2 is 0.762 bits per heavy atom. The van der Waals surface area contributed by atoms with Crippen LogP contribution in [0, 0.1) is 11.8 Å². The molecule has 0 aliphatic heterocycles. The molecule has 3 atom stereocenters. The summed E-state index contributed by atoms with van der Waals surface area (Å²) in [7, 11) is 4.32. The fraction of sp³-hybridized carbons (Fsp3) is 0.883. The molecule has 0 spiro atoms. The van der Waals surface area contributed by atoms with Crippen molar-refractivity contribution in [2.45, 2.75) is 317 Å². The SMILES string of the molecule is C=C(CCCCCCCCCCC(CCCCCCCCCC)N(C)NC)C(CCCC)CCCCCC.C=CC(=O)C(CCCC)CCCCCC.C=CCCCCCCCC. The van der Waals surface area contributed by atoms with E-state index in [-0.39, 0.29) is 11.7 Å². The Bertz CT molecular complexity index is 912. The van der Waals surface area contributed by atoms with Crippen LogP contribution in [-0.4, -0.2) is 30.9 Å². The summed E-state index contributed by atoms with van der Waals surface area (Å²) in [6, 6.07) is 0.709. The molecule has 0 saturated heterocycles. The van der Waals surface area contributed by atoms with Crippen molar-refractivity contribution in [1.82, 2.24) is 10.4 Å². The first-order chi connectivity index (χ1) is 30.8. The van der Waals surface area contributed by atoms with E-state index >= 15 is 0 Å². The molecule has 3 heteroatoms. The van der Waals surface area contributed by atoms with Gasteiger partial charge in [-0.25, -0.2) is 5.01 Å². The highest BCUT2D eigenvalue weighted by molar-refractivity contribution is 5.91. The van der Waals surface area contributed by atoms with Crippen LogP contribution in [0.4, 0.5) is 0 Å². The second kappa shape index (κ2) is 56.9. The molecule has 0 radical (unpaired) electrons. The first-order valence-corrected chi connectivity index (χ1v) is 28.6. The molecule has 0 amide bonds. The van der Waals surface area contributed by atoms with E-state index in [2.05, 4.69) is 85.8 Å². The predicted octanol–water partition coefficient (Wildman–Crippen LogP) is 20.6. The molecule has 0 bridgehead atoms. The maximum absolute atomic E-state index is 11.6. The lowest BCUT2D eigenvalue weighted by molar-refractivity contribution is -0.118. The lowest BCUT2D eigenvalue weighted by Crippen LogP contribution is -2.40. The molecule has 0 aromatic heterocycles. The van der Waals surface area contributed by atoms with Crippen molar-refractivity contribution in [3.8, 4) is 0 Å². The second-order valence-electron chi connectivity index (χ2n) is 19.6. The van der Waals surface area contributed by atoms with Crippen LogP contribution in [0.2, 0.25) is 0 Å². The number of ketones is 1. The number of hydrogen-bond donors (Lipinski definition) is 1. The Labute approximate surface area is 400 Å². The number of carbonyl (C=O) groups excluding carboxylic acids is 1. The molecular formula is C60H120N2O. The van der Waals surface area contributed by atoms with Crippen LogP contribution in [0.25, 0.3) is 0 Å². The Morgan fingerprint density at radius 3 is 1.16 bits per heavy atom.